The lowest BCUT2D eigenvalue weighted by Crippen LogP contribution is -1.96. The fraction of sp³-hybridized carbons (Fsp3) is 0.312. The molecule has 92 valence electrons. The lowest BCUT2D eigenvalue weighted by molar-refractivity contribution is -0.103. The number of benzene rings is 1. The number of carbonyl (C=O) groups excluding carboxylic acids is 1. The second-order valence-corrected chi connectivity index (χ2v) is 3.96. The zero-order valence-corrected chi connectivity index (χ0v) is 10.2. The van der Waals surface area contributed by atoms with Crippen molar-refractivity contribution in [1.82, 2.24) is 0 Å². The van der Waals surface area contributed by atoms with Crippen LogP contribution in [0, 0.1) is 6.92 Å². The van der Waals surface area contributed by atoms with Crippen molar-refractivity contribution in [2.45, 2.75) is 34.6 Å². The van der Waals surface area contributed by atoms with Crippen molar-refractivity contribution in [1.29, 1.82) is 0 Å². The van der Waals surface area contributed by atoms with E-state index in [0.29, 0.717) is 0 Å². The highest BCUT2D eigenvalue weighted by Crippen LogP contribution is 2.26. The predicted molar refractivity (Wildman–Crippen MR) is 77.0 cm³/mol. The van der Waals surface area contributed by atoms with E-state index in [1.807, 2.05) is 45.0 Å². The molecule has 0 fully saturated rings. The average Bonchev–Trinajstić information content (AvgIpc) is 2.26. The van der Waals surface area contributed by atoms with Crippen molar-refractivity contribution in [3.8, 4) is 0 Å². The molecule has 0 radical (unpaired) electrons. The quantitative estimate of drug-likeness (QED) is 0.543. The van der Waals surface area contributed by atoms with Crippen LogP contribution in [0.5, 0.6) is 0 Å². The van der Waals surface area contributed by atoms with Crippen LogP contribution < -0.4 is 0 Å². The first-order chi connectivity index (χ1) is 7.61. The van der Waals surface area contributed by atoms with Crippen LogP contribution in [0.25, 0.3) is 11.1 Å². The third-order valence-electron chi connectivity index (χ3n) is 2.57. The molecule has 0 aliphatic rings. The molecule has 0 bridgehead atoms. The average molecular weight is 230 g/mol. The standard InChI is InChI=1S/C15H18O.CH4/c1-5-7-13(10-16)15-12(4)8-6-9-14(15)11(2)3;/h6-10H,2,5H2,1,3-4H3;1H4/b13-7-;. The van der Waals surface area contributed by atoms with E-state index in [1.165, 1.54) is 0 Å². The smallest absolute Gasteiger partial charge is 0.150 e. The van der Waals surface area contributed by atoms with Gasteiger partial charge in [0, 0.05) is 5.57 Å². The molecule has 0 N–H and O–H groups in total. The molecule has 1 nitrogen and oxygen atoms in total. The molecule has 0 spiro atoms. The fourth-order valence-corrected chi connectivity index (χ4v) is 1.84. The molecule has 0 unspecified atom stereocenters. The van der Waals surface area contributed by atoms with Crippen LogP contribution in [0.4, 0.5) is 0 Å². The van der Waals surface area contributed by atoms with Gasteiger partial charge in [-0.25, -0.2) is 0 Å². The summed E-state index contributed by atoms with van der Waals surface area (Å²) in [6.07, 6.45) is 3.75. The molecule has 0 amide bonds. The first kappa shape index (κ1) is 15.4. The van der Waals surface area contributed by atoms with Gasteiger partial charge in [-0.3, -0.25) is 4.79 Å². The highest BCUT2D eigenvalue weighted by atomic mass is 16.1. The maximum Gasteiger partial charge on any atom is 0.150 e. The molecule has 0 aliphatic heterocycles. The summed E-state index contributed by atoms with van der Waals surface area (Å²) < 4.78 is 0. The zero-order chi connectivity index (χ0) is 12.1. The minimum Gasteiger partial charge on any atom is -0.298 e. The summed E-state index contributed by atoms with van der Waals surface area (Å²) in [6, 6.07) is 6.03. The zero-order valence-electron chi connectivity index (χ0n) is 10.2. The molecule has 0 aliphatic carbocycles. The number of aldehydes is 1. The maximum absolute atomic E-state index is 11.1. The monoisotopic (exact) mass is 230 g/mol. The second-order valence-electron chi connectivity index (χ2n) is 3.96. The Morgan fingerprint density at radius 3 is 2.53 bits per heavy atom. The summed E-state index contributed by atoms with van der Waals surface area (Å²) in [4.78, 5) is 11.1. The summed E-state index contributed by atoms with van der Waals surface area (Å²) in [5.74, 6) is 0. The van der Waals surface area contributed by atoms with Gasteiger partial charge in [0.05, 0.1) is 0 Å². The van der Waals surface area contributed by atoms with Crippen LogP contribution in [0.2, 0.25) is 0 Å². The summed E-state index contributed by atoms with van der Waals surface area (Å²) in [5.41, 5.74) is 4.95. The van der Waals surface area contributed by atoms with Crippen molar-refractivity contribution in [3.63, 3.8) is 0 Å². The van der Waals surface area contributed by atoms with E-state index in [9.17, 15) is 4.79 Å². The van der Waals surface area contributed by atoms with Crippen molar-refractivity contribution >= 4 is 17.4 Å². The van der Waals surface area contributed by atoms with Gasteiger partial charge in [-0.15, -0.1) is 0 Å². The minimum absolute atomic E-state index is 0. The Morgan fingerprint density at radius 1 is 1.41 bits per heavy atom. The molecule has 0 atom stereocenters. The molecular formula is C16H22O. The van der Waals surface area contributed by atoms with Crippen LogP contribution in [0.1, 0.15) is 44.4 Å². The first-order valence-corrected chi connectivity index (χ1v) is 5.53. The van der Waals surface area contributed by atoms with Gasteiger partial charge in [0.25, 0.3) is 0 Å². The molecule has 17 heavy (non-hydrogen) atoms. The van der Waals surface area contributed by atoms with E-state index >= 15 is 0 Å². The van der Waals surface area contributed by atoms with Gasteiger partial charge in [0.2, 0.25) is 0 Å². The lowest BCUT2D eigenvalue weighted by Gasteiger charge is -2.12. The van der Waals surface area contributed by atoms with Crippen molar-refractivity contribution in [2.75, 3.05) is 0 Å². The molecule has 0 aromatic heterocycles. The van der Waals surface area contributed by atoms with E-state index in [4.69, 9.17) is 0 Å². The first-order valence-electron chi connectivity index (χ1n) is 5.53. The van der Waals surface area contributed by atoms with Crippen LogP contribution in [0.3, 0.4) is 0 Å². The Balaban J connectivity index is 0.00000256. The van der Waals surface area contributed by atoms with Crippen LogP contribution in [-0.2, 0) is 4.79 Å². The fourth-order valence-electron chi connectivity index (χ4n) is 1.84. The minimum atomic E-state index is 0. The summed E-state index contributed by atoms with van der Waals surface area (Å²) in [6.45, 7) is 9.98. The Labute approximate surface area is 105 Å². The topological polar surface area (TPSA) is 17.1 Å². The Kier molecular flexibility index (Phi) is 6.19. The highest BCUT2D eigenvalue weighted by Gasteiger charge is 2.09. The maximum atomic E-state index is 11.1. The number of aryl methyl sites for hydroxylation is 1. The van der Waals surface area contributed by atoms with E-state index in [1.54, 1.807) is 0 Å². The molecule has 0 heterocycles. The second kappa shape index (κ2) is 6.85. The normalized spacial score (nSPS) is 10.6. The molecule has 0 saturated heterocycles. The van der Waals surface area contributed by atoms with Gasteiger partial charge in [0.1, 0.15) is 6.29 Å². The number of allylic oxidation sites excluding steroid dienone is 3. The lowest BCUT2D eigenvalue weighted by atomic mass is 9.92. The predicted octanol–water partition coefficient (Wildman–Crippen LogP) is 4.66. The van der Waals surface area contributed by atoms with Crippen LogP contribution in [-0.4, -0.2) is 6.29 Å². The summed E-state index contributed by atoms with van der Waals surface area (Å²) in [7, 11) is 0. The van der Waals surface area contributed by atoms with Gasteiger partial charge in [-0.05, 0) is 37.0 Å². The summed E-state index contributed by atoms with van der Waals surface area (Å²) >= 11 is 0. The molecule has 1 aromatic rings. The summed E-state index contributed by atoms with van der Waals surface area (Å²) in [5, 5.41) is 0. The van der Waals surface area contributed by atoms with Gasteiger partial charge in [-0.2, -0.15) is 0 Å². The molecule has 1 rings (SSSR count). The van der Waals surface area contributed by atoms with Crippen molar-refractivity contribution in [2.24, 2.45) is 0 Å². The van der Waals surface area contributed by atoms with Crippen LogP contribution >= 0.6 is 0 Å². The van der Waals surface area contributed by atoms with E-state index in [2.05, 4.69) is 6.58 Å². The van der Waals surface area contributed by atoms with Gasteiger partial charge >= 0.3 is 0 Å². The third kappa shape index (κ3) is 3.42. The van der Waals surface area contributed by atoms with Crippen molar-refractivity contribution < 1.29 is 4.79 Å². The van der Waals surface area contributed by atoms with Crippen LogP contribution in [0.15, 0.2) is 30.9 Å². The van der Waals surface area contributed by atoms with E-state index in [-0.39, 0.29) is 7.43 Å². The largest absolute Gasteiger partial charge is 0.298 e. The van der Waals surface area contributed by atoms with E-state index < -0.39 is 0 Å². The van der Waals surface area contributed by atoms with Crippen molar-refractivity contribution in [3.05, 3.63) is 47.5 Å². The number of rotatable bonds is 4. The highest BCUT2D eigenvalue weighted by molar-refractivity contribution is 6.09. The number of hydrogen-bond acceptors (Lipinski definition) is 1. The van der Waals surface area contributed by atoms with Gasteiger partial charge in [0.15, 0.2) is 0 Å². The van der Waals surface area contributed by atoms with Gasteiger partial charge < -0.3 is 0 Å². The Hall–Kier alpha value is -1.63. The molecular weight excluding hydrogens is 208 g/mol. The Morgan fingerprint density at radius 2 is 2.06 bits per heavy atom. The van der Waals surface area contributed by atoms with E-state index in [0.717, 1.165) is 40.5 Å². The van der Waals surface area contributed by atoms with Gasteiger partial charge in [-0.1, -0.05) is 50.8 Å². The number of carbonyl (C=O) groups is 1. The third-order valence-corrected chi connectivity index (χ3v) is 2.57. The Bertz CT molecular complexity index is 439. The molecule has 1 heteroatoms. The molecule has 1 aromatic carbocycles. The molecule has 0 saturated carbocycles. The SMILES string of the molecule is C.C=C(C)c1cccc(C)c1/C(C=O)=C\CC. The number of hydrogen-bond donors (Lipinski definition) is 0.